The molecular formula is C21H22N4O3. The van der Waals surface area contributed by atoms with E-state index in [0.717, 1.165) is 11.0 Å². The lowest BCUT2D eigenvalue weighted by molar-refractivity contribution is 0.0930. The molecule has 144 valence electrons. The van der Waals surface area contributed by atoms with Crippen LogP contribution >= 0.6 is 0 Å². The first-order chi connectivity index (χ1) is 13.5. The Kier molecular flexibility index (Phi) is 4.50. The average Bonchev–Trinajstić information content (AvgIpc) is 3.35. The Morgan fingerprint density at radius 1 is 1.11 bits per heavy atom. The maximum absolute atomic E-state index is 13.1. The highest BCUT2D eigenvalue weighted by Gasteiger charge is 2.19. The van der Waals surface area contributed by atoms with Crippen molar-refractivity contribution in [2.45, 2.75) is 33.4 Å². The molecule has 0 fully saturated rings. The third-order valence-electron chi connectivity index (χ3n) is 4.67. The highest BCUT2D eigenvalue weighted by atomic mass is 16.3. The molecule has 0 bridgehead atoms. The zero-order valence-corrected chi connectivity index (χ0v) is 16.0. The lowest BCUT2D eigenvalue weighted by Crippen LogP contribution is -2.26. The molecule has 1 N–H and O–H groups in total. The third-order valence-corrected chi connectivity index (χ3v) is 4.67. The molecule has 1 atom stereocenters. The van der Waals surface area contributed by atoms with Gasteiger partial charge in [-0.3, -0.25) is 9.59 Å². The van der Waals surface area contributed by atoms with E-state index in [4.69, 9.17) is 4.42 Å². The lowest BCUT2D eigenvalue weighted by atomic mass is 10.2. The van der Waals surface area contributed by atoms with Gasteiger partial charge in [-0.25, -0.2) is 4.52 Å². The van der Waals surface area contributed by atoms with Gasteiger partial charge < -0.3 is 14.3 Å². The number of carbonyl (C=O) groups excluding carboxylic acids is 1. The van der Waals surface area contributed by atoms with Crippen molar-refractivity contribution in [3.63, 3.8) is 0 Å². The minimum Gasteiger partial charge on any atom is -0.467 e. The quantitative estimate of drug-likeness (QED) is 0.577. The summed E-state index contributed by atoms with van der Waals surface area (Å²) in [7, 11) is 0. The molecule has 4 aromatic rings. The molecule has 0 unspecified atom stereocenters. The molecule has 3 aromatic heterocycles. The van der Waals surface area contributed by atoms with Gasteiger partial charge in [0, 0.05) is 12.6 Å². The number of hydrogen-bond donors (Lipinski definition) is 1. The van der Waals surface area contributed by atoms with Gasteiger partial charge in [-0.2, -0.15) is 5.10 Å². The highest BCUT2D eigenvalue weighted by Crippen LogP contribution is 2.17. The third kappa shape index (κ3) is 3.09. The van der Waals surface area contributed by atoms with Crippen molar-refractivity contribution in [2.75, 3.05) is 0 Å². The first-order valence-electron chi connectivity index (χ1n) is 9.31. The van der Waals surface area contributed by atoms with Crippen LogP contribution in [0.5, 0.6) is 0 Å². The largest absolute Gasteiger partial charge is 0.467 e. The van der Waals surface area contributed by atoms with Crippen LogP contribution in [0, 0.1) is 5.92 Å². The van der Waals surface area contributed by atoms with Gasteiger partial charge in [0.2, 0.25) is 0 Å². The Morgan fingerprint density at radius 3 is 2.54 bits per heavy atom. The summed E-state index contributed by atoms with van der Waals surface area (Å²) < 4.78 is 8.64. The number of para-hydroxylation sites is 2. The fraction of sp³-hybridized carbons (Fsp3) is 0.286. The summed E-state index contributed by atoms with van der Waals surface area (Å²) in [6.45, 7) is 6.56. The molecule has 0 aliphatic heterocycles. The second-order valence-corrected chi connectivity index (χ2v) is 7.34. The van der Waals surface area contributed by atoms with E-state index in [-0.39, 0.29) is 23.2 Å². The van der Waals surface area contributed by atoms with Crippen LogP contribution in [0.4, 0.5) is 0 Å². The van der Waals surface area contributed by atoms with Crippen molar-refractivity contribution in [2.24, 2.45) is 5.92 Å². The Labute approximate surface area is 161 Å². The summed E-state index contributed by atoms with van der Waals surface area (Å²) >= 11 is 0. The van der Waals surface area contributed by atoms with Crippen molar-refractivity contribution >= 4 is 22.5 Å². The monoisotopic (exact) mass is 378 g/mol. The smallest absolute Gasteiger partial charge is 0.277 e. The zero-order valence-electron chi connectivity index (χ0n) is 16.0. The van der Waals surface area contributed by atoms with Gasteiger partial charge in [-0.05, 0) is 37.1 Å². The topological polar surface area (TPSA) is 81.5 Å². The van der Waals surface area contributed by atoms with Gasteiger partial charge in [0.05, 0.1) is 23.3 Å². The number of fused-ring (bicyclic) bond motifs is 3. The van der Waals surface area contributed by atoms with Crippen molar-refractivity contribution in [3.8, 4) is 0 Å². The normalized spacial score (nSPS) is 12.7. The molecular weight excluding hydrogens is 356 g/mol. The van der Waals surface area contributed by atoms with Gasteiger partial charge >= 0.3 is 0 Å². The molecule has 1 aromatic carbocycles. The van der Waals surface area contributed by atoms with Crippen LogP contribution in [0.1, 0.15) is 43.1 Å². The zero-order chi connectivity index (χ0) is 19.8. The number of carbonyl (C=O) groups is 1. The van der Waals surface area contributed by atoms with E-state index in [1.54, 1.807) is 33.5 Å². The highest BCUT2D eigenvalue weighted by molar-refractivity contribution is 5.94. The van der Waals surface area contributed by atoms with Gasteiger partial charge in [0.15, 0.2) is 5.69 Å². The number of hydrogen-bond acceptors (Lipinski definition) is 4. The molecule has 1 amide bonds. The Morgan fingerprint density at radius 2 is 1.86 bits per heavy atom. The molecule has 0 saturated heterocycles. The summed E-state index contributed by atoms with van der Waals surface area (Å²) in [5, 5.41) is 7.27. The lowest BCUT2D eigenvalue weighted by Gasteiger charge is -2.13. The van der Waals surface area contributed by atoms with Crippen molar-refractivity contribution in [3.05, 3.63) is 70.5 Å². The molecule has 0 radical (unpaired) electrons. The number of aromatic nitrogens is 3. The van der Waals surface area contributed by atoms with E-state index in [1.807, 2.05) is 31.2 Å². The molecule has 0 saturated carbocycles. The maximum Gasteiger partial charge on any atom is 0.277 e. The summed E-state index contributed by atoms with van der Waals surface area (Å²) in [5.41, 5.74) is 2.01. The number of benzene rings is 1. The molecule has 7 heteroatoms. The maximum atomic E-state index is 13.1. The van der Waals surface area contributed by atoms with Crippen LogP contribution in [-0.2, 0) is 6.54 Å². The molecule has 7 nitrogen and oxygen atoms in total. The predicted molar refractivity (Wildman–Crippen MR) is 106 cm³/mol. The Hall–Kier alpha value is -3.35. The molecule has 4 rings (SSSR count). The van der Waals surface area contributed by atoms with Crippen LogP contribution in [0.25, 0.3) is 16.6 Å². The second kappa shape index (κ2) is 6.99. The minimum atomic E-state index is -0.355. The van der Waals surface area contributed by atoms with Crippen LogP contribution in [0.2, 0.25) is 0 Å². The molecule has 0 aliphatic carbocycles. The summed E-state index contributed by atoms with van der Waals surface area (Å²) in [5.74, 6) is 0.608. The van der Waals surface area contributed by atoms with Crippen molar-refractivity contribution < 1.29 is 9.21 Å². The van der Waals surface area contributed by atoms with Crippen LogP contribution in [0.15, 0.2) is 57.9 Å². The van der Waals surface area contributed by atoms with E-state index in [1.165, 1.54) is 0 Å². The minimum absolute atomic E-state index is 0.155. The molecule has 28 heavy (non-hydrogen) atoms. The first-order valence-corrected chi connectivity index (χ1v) is 9.31. The van der Waals surface area contributed by atoms with Gasteiger partial charge in [0.1, 0.15) is 11.3 Å². The van der Waals surface area contributed by atoms with Gasteiger partial charge in [-0.1, -0.05) is 26.0 Å². The SMILES string of the molecule is CC(C)Cn1c(=O)c2cc(C(=O)N[C@@H](C)c3ccco3)nn2c2ccccc21. The van der Waals surface area contributed by atoms with Gasteiger partial charge in [0.25, 0.3) is 11.5 Å². The van der Waals surface area contributed by atoms with E-state index < -0.39 is 0 Å². The Balaban J connectivity index is 1.80. The summed E-state index contributed by atoms with van der Waals surface area (Å²) in [4.78, 5) is 25.8. The second-order valence-electron chi connectivity index (χ2n) is 7.34. The van der Waals surface area contributed by atoms with Crippen LogP contribution < -0.4 is 10.9 Å². The van der Waals surface area contributed by atoms with E-state index in [0.29, 0.717) is 23.7 Å². The Bertz CT molecular complexity index is 1200. The van der Waals surface area contributed by atoms with Crippen LogP contribution in [-0.4, -0.2) is 20.1 Å². The molecule has 0 spiro atoms. The number of nitrogens with one attached hydrogen (secondary N) is 1. The standard InChI is InChI=1S/C21H22N4O3/c1-13(2)12-24-16-7-4-5-8-17(16)25-18(21(24)27)11-15(23-25)20(26)22-14(3)19-9-6-10-28-19/h4-11,13-14H,12H2,1-3H3,(H,22,26)/t14-/m0/s1. The average molecular weight is 378 g/mol. The van der Waals surface area contributed by atoms with Crippen LogP contribution in [0.3, 0.4) is 0 Å². The van der Waals surface area contributed by atoms with E-state index in [2.05, 4.69) is 24.3 Å². The van der Waals surface area contributed by atoms with E-state index in [9.17, 15) is 9.59 Å². The number of rotatable bonds is 5. The number of furan rings is 1. The fourth-order valence-electron chi connectivity index (χ4n) is 3.37. The molecule has 3 heterocycles. The van der Waals surface area contributed by atoms with Gasteiger partial charge in [-0.15, -0.1) is 0 Å². The predicted octanol–water partition coefficient (Wildman–Crippen LogP) is 3.39. The number of nitrogens with zero attached hydrogens (tertiary/aromatic N) is 3. The van der Waals surface area contributed by atoms with Crippen molar-refractivity contribution in [1.82, 2.24) is 19.5 Å². The fourth-order valence-corrected chi connectivity index (χ4v) is 3.37. The summed E-state index contributed by atoms with van der Waals surface area (Å²) in [6.07, 6.45) is 1.56. The summed E-state index contributed by atoms with van der Waals surface area (Å²) in [6, 6.07) is 12.4. The first kappa shape index (κ1) is 18.0. The molecule has 0 aliphatic rings. The number of amides is 1. The van der Waals surface area contributed by atoms with Crippen molar-refractivity contribution in [1.29, 1.82) is 0 Å². The van der Waals surface area contributed by atoms with E-state index >= 15 is 0 Å².